The molecule has 2 rings (SSSR count). The van der Waals surface area contributed by atoms with Gasteiger partial charge in [-0.1, -0.05) is 18.2 Å². The fourth-order valence-electron chi connectivity index (χ4n) is 2.37. The van der Waals surface area contributed by atoms with Gasteiger partial charge in [0.2, 0.25) is 5.91 Å². The van der Waals surface area contributed by atoms with E-state index in [2.05, 4.69) is 33.7 Å². The molecule has 0 radical (unpaired) electrons. The lowest BCUT2D eigenvalue weighted by molar-refractivity contribution is -0.120. The van der Waals surface area contributed by atoms with Crippen LogP contribution in [0.4, 0.5) is 5.69 Å². The van der Waals surface area contributed by atoms with E-state index in [4.69, 9.17) is 4.74 Å². The molecule has 1 fully saturated rings. The molecule has 5 nitrogen and oxygen atoms in total. The molecule has 0 bridgehead atoms. The average molecular weight is 277 g/mol. The number of rotatable bonds is 6. The van der Waals surface area contributed by atoms with Gasteiger partial charge < -0.3 is 20.3 Å². The summed E-state index contributed by atoms with van der Waals surface area (Å²) in [6.45, 7) is 4.72. The molecule has 1 aromatic rings. The number of hydrogen-bond donors (Lipinski definition) is 2. The molecule has 110 valence electrons. The van der Waals surface area contributed by atoms with Gasteiger partial charge in [-0.25, -0.2) is 0 Å². The molecule has 1 heterocycles. The first-order valence-electron chi connectivity index (χ1n) is 7.10. The van der Waals surface area contributed by atoms with Crippen LogP contribution >= 0.6 is 0 Å². The molecule has 0 spiro atoms. The summed E-state index contributed by atoms with van der Waals surface area (Å²) >= 11 is 0. The molecule has 1 aliphatic heterocycles. The Hall–Kier alpha value is -1.59. The molecular formula is C15H23N3O2. The van der Waals surface area contributed by atoms with Crippen molar-refractivity contribution in [2.45, 2.75) is 13.0 Å². The van der Waals surface area contributed by atoms with Crippen LogP contribution in [0.25, 0.3) is 0 Å². The average Bonchev–Trinajstić information content (AvgIpc) is 2.69. The van der Waals surface area contributed by atoms with Gasteiger partial charge in [0.1, 0.15) is 0 Å². The molecule has 1 saturated heterocycles. The van der Waals surface area contributed by atoms with E-state index < -0.39 is 0 Å². The SMILES string of the molecule is COCCNCc1ccccc1N1CCNC(=O)CC1. The maximum atomic E-state index is 11.4. The van der Waals surface area contributed by atoms with Crippen molar-refractivity contribution in [3.8, 4) is 0 Å². The third-order valence-electron chi connectivity index (χ3n) is 3.44. The van der Waals surface area contributed by atoms with Crippen LogP contribution in [-0.4, -0.2) is 45.8 Å². The van der Waals surface area contributed by atoms with E-state index in [9.17, 15) is 4.79 Å². The number of benzene rings is 1. The first-order valence-corrected chi connectivity index (χ1v) is 7.10. The third kappa shape index (κ3) is 4.21. The van der Waals surface area contributed by atoms with Crippen LogP contribution in [0.15, 0.2) is 24.3 Å². The van der Waals surface area contributed by atoms with Crippen LogP contribution in [-0.2, 0) is 16.1 Å². The quantitative estimate of drug-likeness (QED) is 0.754. The zero-order chi connectivity index (χ0) is 14.2. The minimum absolute atomic E-state index is 0.142. The van der Waals surface area contributed by atoms with Crippen molar-refractivity contribution in [2.75, 3.05) is 44.8 Å². The Balaban J connectivity index is 2.00. The van der Waals surface area contributed by atoms with Gasteiger partial charge in [0.05, 0.1) is 6.61 Å². The highest BCUT2D eigenvalue weighted by Crippen LogP contribution is 2.21. The summed E-state index contributed by atoms with van der Waals surface area (Å²) in [6, 6.07) is 8.37. The van der Waals surface area contributed by atoms with Gasteiger partial charge in [-0.2, -0.15) is 0 Å². The Morgan fingerprint density at radius 2 is 2.20 bits per heavy atom. The lowest BCUT2D eigenvalue weighted by Gasteiger charge is -2.25. The van der Waals surface area contributed by atoms with Crippen LogP contribution in [0.2, 0.25) is 0 Å². The number of nitrogens with zero attached hydrogens (tertiary/aromatic N) is 1. The molecular weight excluding hydrogens is 254 g/mol. The second-order valence-electron chi connectivity index (χ2n) is 4.89. The van der Waals surface area contributed by atoms with Gasteiger partial charge in [0.15, 0.2) is 0 Å². The largest absolute Gasteiger partial charge is 0.383 e. The fourth-order valence-corrected chi connectivity index (χ4v) is 2.37. The van der Waals surface area contributed by atoms with Crippen LogP contribution in [0.5, 0.6) is 0 Å². The summed E-state index contributed by atoms with van der Waals surface area (Å²) in [7, 11) is 1.71. The van der Waals surface area contributed by atoms with Crippen LogP contribution in [0.3, 0.4) is 0 Å². The minimum atomic E-state index is 0.142. The molecule has 1 amide bonds. The van der Waals surface area contributed by atoms with Crippen molar-refractivity contribution < 1.29 is 9.53 Å². The number of para-hydroxylation sites is 1. The number of hydrogen-bond acceptors (Lipinski definition) is 4. The van der Waals surface area contributed by atoms with Gasteiger partial charge in [-0.15, -0.1) is 0 Å². The van der Waals surface area contributed by atoms with Gasteiger partial charge >= 0.3 is 0 Å². The normalized spacial score (nSPS) is 15.8. The van der Waals surface area contributed by atoms with E-state index in [0.717, 1.165) is 26.2 Å². The van der Waals surface area contributed by atoms with E-state index in [1.807, 2.05) is 6.07 Å². The lowest BCUT2D eigenvalue weighted by Crippen LogP contribution is -2.30. The molecule has 20 heavy (non-hydrogen) atoms. The van der Waals surface area contributed by atoms with E-state index >= 15 is 0 Å². The zero-order valence-electron chi connectivity index (χ0n) is 12.0. The standard InChI is InChI=1S/C15H23N3O2/c1-20-11-8-16-12-13-4-2-3-5-14(13)18-9-6-15(19)17-7-10-18/h2-5,16H,6-12H2,1H3,(H,17,19). The van der Waals surface area contributed by atoms with Gasteiger partial charge in [-0.3, -0.25) is 4.79 Å². The Morgan fingerprint density at radius 1 is 1.35 bits per heavy atom. The molecule has 1 aromatic carbocycles. The van der Waals surface area contributed by atoms with Crippen molar-refractivity contribution in [3.05, 3.63) is 29.8 Å². The summed E-state index contributed by atoms with van der Waals surface area (Å²) in [5.74, 6) is 0.142. The second-order valence-corrected chi connectivity index (χ2v) is 4.89. The molecule has 2 N–H and O–H groups in total. The summed E-state index contributed by atoms with van der Waals surface area (Å²) < 4.78 is 5.04. The van der Waals surface area contributed by atoms with E-state index in [-0.39, 0.29) is 5.91 Å². The smallest absolute Gasteiger partial charge is 0.221 e. The summed E-state index contributed by atoms with van der Waals surface area (Å²) in [5, 5.41) is 6.28. The van der Waals surface area contributed by atoms with Gasteiger partial charge in [-0.05, 0) is 11.6 Å². The summed E-state index contributed by atoms with van der Waals surface area (Å²) in [4.78, 5) is 13.7. The zero-order valence-corrected chi connectivity index (χ0v) is 12.0. The fraction of sp³-hybridized carbons (Fsp3) is 0.533. The third-order valence-corrected chi connectivity index (χ3v) is 3.44. The second kappa shape index (κ2) is 7.87. The highest BCUT2D eigenvalue weighted by atomic mass is 16.5. The van der Waals surface area contributed by atoms with Crippen molar-refractivity contribution in [1.29, 1.82) is 0 Å². The maximum Gasteiger partial charge on any atom is 0.221 e. The van der Waals surface area contributed by atoms with Crippen molar-refractivity contribution in [2.24, 2.45) is 0 Å². The number of carbonyl (C=O) groups excluding carboxylic acids is 1. The van der Waals surface area contributed by atoms with Crippen molar-refractivity contribution >= 4 is 11.6 Å². The summed E-state index contributed by atoms with van der Waals surface area (Å²) in [5.41, 5.74) is 2.48. The first kappa shape index (κ1) is 14.8. The number of amides is 1. The van der Waals surface area contributed by atoms with E-state index in [0.29, 0.717) is 19.6 Å². The van der Waals surface area contributed by atoms with Gasteiger partial charge in [0, 0.05) is 51.9 Å². The molecule has 1 aliphatic rings. The predicted octanol–water partition coefficient (Wildman–Crippen LogP) is 0.749. The van der Waals surface area contributed by atoms with Gasteiger partial charge in [0.25, 0.3) is 0 Å². The number of carbonyl (C=O) groups is 1. The topological polar surface area (TPSA) is 53.6 Å². The molecule has 5 heteroatoms. The number of anilines is 1. The highest BCUT2D eigenvalue weighted by molar-refractivity contribution is 5.77. The predicted molar refractivity (Wildman–Crippen MR) is 79.9 cm³/mol. The molecule has 0 unspecified atom stereocenters. The molecule has 0 aliphatic carbocycles. The Morgan fingerprint density at radius 3 is 3.05 bits per heavy atom. The molecule has 0 atom stereocenters. The van der Waals surface area contributed by atoms with Crippen LogP contribution < -0.4 is 15.5 Å². The Bertz CT molecular complexity index is 437. The Kier molecular flexibility index (Phi) is 5.83. The summed E-state index contributed by atoms with van der Waals surface area (Å²) in [6.07, 6.45) is 0.561. The monoisotopic (exact) mass is 277 g/mol. The molecule has 0 aromatic heterocycles. The number of nitrogens with one attached hydrogen (secondary N) is 2. The molecule has 0 saturated carbocycles. The van der Waals surface area contributed by atoms with E-state index in [1.54, 1.807) is 7.11 Å². The first-order chi connectivity index (χ1) is 9.81. The van der Waals surface area contributed by atoms with Crippen molar-refractivity contribution in [1.82, 2.24) is 10.6 Å². The lowest BCUT2D eigenvalue weighted by atomic mass is 10.1. The number of methoxy groups -OCH3 is 1. The minimum Gasteiger partial charge on any atom is -0.383 e. The van der Waals surface area contributed by atoms with E-state index in [1.165, 1.54) is 11.3 Å². The highest BCUT2D eigenvalue weighted by Gasteiger charge is 2.15. The van der Waals surface area contributed by atoms with Crippen molar-refractivity contribution in [3.63, 3.8) is 0 Å². The van der Waals surface area contributed by atoms with Crippen LogP contribution in [0, 0.1) is 0 Å². The number of ether oxygens (including phenoxy) is 1. The Labute approximate surface area is 120 Å². The maximum absolute atomic E-state index is 11.4. The van der Waals surface area contributed by atoms with Crippen LogP contribution in [0.1, 0.15) is 12.0 Å².